The maximum absolute atomic E-state index is 12.4. The number of anilines is 2. The van der Waals surface area contributed by atoms with E-state index in [9.17, 15) is 19.2 Å². The van der Waals surface area contributed by atoms with Crippen LogP contribution < -0.4 is 10.6 Å². The average Bonchev–Trinajstić information content (AvgIpc) is 3.43. The second kappa shape index (κ2) is 10.6. The zero-order valence-corrected chi connectivity index (χ0v) is 19.2. The number of nitrogens with zero attached hydrogens (tertiary/aromatic N) is 1. The van der Waals surface area contributed by atoms with E-state index in [0.717, 1.165) is 16.9 Å². The largest absolute Gasteiger partial charge is 0.459 e. The summed E-state index contributed by atoms with van der Waals surface area (Å²) in [7, 11) is 1.45. The molecule has 0 spiro atoms. The van der Waals surface area contributed by atoms with Crippen LogP contribution in [0.15, 0.2) is 53.1 Å². The maximum atomic E-state index is 12.4. The Morgan fingerprint density at radius 1 is 1.06 bits per heavy atom. The maximum Gasteiger partial charge on any atom is 0.349 e. The number of likely N-dealkylation sites (N-methyl/N-ethyl adjacent to an activating group) is 1. The van der Waals surface area contributed by atoms with Gasteiger partial charge in [0.1, 0.15) is 4.88 Å². The van der Waals surface area contributed by atoms with Crippen LogP contribution in [-0.4, -0.2) is 48.8 Å². The molecule has 0 aliphatic heterocycles. The van der Waals surface area contributed by atoms with Gasteiger partial charge < -0.3 is 24.7 Å². The van der Waals surface area contributed by atoms with Gasteiger partial charge in [0.15, 0.2) is 12.4 Å². The molecule has 0 saturated carbocycles. The van der Waals surface area contributed by atoms with E-state index in [2.05, 4.69) is 10.6 Å². The topological polar surface area (TPSA) is 118 Å². The Labute approximate surface area is 194 Å². The number of rotatable bonds is 8. The molecule has 0 radical (unpaired) electrons. The van der Waals surface area contributed by atoms with E-state index in [1.807, 2.05) is 19.1 Å². The number of esters is 1. The van der Waals surface area contributed by atoms with Crippen molar-refractivity contribution in [2.45, 2.75) is 13.8 Å². The number of aryl methyl sites for hydroxylation is 2. The minimum atomic E-state index is -0.693. The van der Waals surface area contributed by atoms with E-state index < -0.39 is 24.4 Å². The SMILES string of the molecule is Cc1ccc(NC(=O)CN(C)C(=O)COC(=O)c2sc(NC(=O)c3ccco3)cc2C)cc1. The summed E-state index contributed by atoms with van der Waals surface area (Å²) in [5.74, 6) is -1.89. The highest BCUT2D eigenvalue weighted by molar-refractivity contribution is 7.18. The van der Waals surface area contributed by atoms with Gasteiger partial charge in [0.05, 0.1) is 17.8 Å². The van der Waals surface area contributed by atoms with E-state index >= 15 is 0 Å². The highest BCUT2D eigenvalue weighted by Gasteiger charge is 2.20. The standard InChI is InChI=1S/C23H23N3O6S/c1-14-6-8-16(9-7-14)24-18(27)12-26(3)20(28)13-32-23(30)21-15(2)11-19(33-21)25-22(29)17-5-4-10-31-17/h4-11H,12-13H2,1-3H3,(H,24,27)(H,25,29). The van der Waals surface area contributed by atoms with Crippen LogP contribution in [0.2, 0.25) is 0 Å². The second-order valence-corrected chi connectivity index (χ2v) is 8.35. The van der Waals surface area contributed by atoms with Crippen molar-refractivity contribution in [3.05, 3.63) is 70.5 Å². The number of nitrogens with one attached hydrogen (secondary N) is 2. The van der Waals surface area contributed by atoms with Crippen LogP contribution >= 0.6 is 11.3 Å². The van der Waals surface area contributed by atoms with Gasteiger partial charge in [-0.3, -0.25) is 14.4 Å². The van der Waals surface area contributed by atoms with Crippen molar-refractivity contribution in [1.29, 1.82) is 0 Å². The van der Waals surface area contributed by atoms with Crippen molar-refractivity contribution in [1.82, 2.24) is 4.90 Å². The summed E-state index contributed by atoms with van der Waals surface area (Å²) in [6.45, 7) is 2.93. The van der Waals surface area contributed by atoms with E-state index in [-0.39, 0.29) is 23.1 Å². The van der Waals surface area contributed by atoms with Crippen LogP contribution in [0.1, 0.15) is 31.4 Å². The summed E-state index contributed by atoms with van der Waals surface area (Å²) in [6.07, 6.45) is 1.39. The first-order valence-electron chi connectivity index (χ1n) is 9.96. The number of ether oxygens (including phenoxy) is 1. The molecule has 0 atom stereocenters. The third-order valence-corrected chi connectivity index (χ3v) is 5.69. The van der Waals surface area contributed by atoms with Crippen molar-refractivity contribution < 1.29 is 28.3 Å². The number of carbonyl (C=O) groups is 4. The number of hydrogen-bond acceptors (Lipinski definition) is 7. The van der Waals surface area contributed by atoms with Gasteiger partial charge in [0.2, 0.25) is 5.91 Å². The van der Waals surface area contributed by atoms with Crippen molar-refractivity contribution in [3.63, 3.8) is 0 Å². The Balaban J connectivity index is 1.48. The van der Waals surface area contributed by atoms with Gasteiger partial charge in [-0.25, -0.2) is 4.79 Å². The summed E-state index contributed by atoms with van der Waals surface area (Å²) >= 11 is 1.03. The lowest BCUT2D eigenvalue weighted by Crippen LogP contribution is -2.37. The molecule has 0 bridgehead atoms. The fourth-order valence-electron chi connectivity index (χ4n) is 2.77. The van der Waals surface area contributed by atoms with Crippen LogP contribution in [0, 0.1) is 13.8 Å². The van der Waals surface area contributed by atoms with Crippen LogP contribution in [0.5, 0.6) is 0 Å². The zero-order valence-electron chi connectivity index (χ0n) is 18.3. The molecule has 0 fully saturated rings. The predicted octanol–water partition coefficient (Wildman–Crippen LogP) is 3.46. The van der Waals surface area contributed by atoms with Gasteiger partial charge in [0.25, 0.3) is 11.8 Å². The van der Waals surface area contributed by atoms with Crippen LogP contribution in [0.3, 0.4) is 0 Å². The Morgan fingerprint density at radius 2 is 1.79 bits per heavy atom. The zero-order chi connectivity index (χ0) is 24.0. The molecule has 3 rings (SSSR count). The number of amides is 3. The molecule has 9 nitrogen and oxygen atoms in total. The average molecular weight is 470 g/mol. The Morgan fingerprint density at radius 3 is 2.45 bits per heavy atom. The lowest BCUT2D eigenvalue weighted by Gasteiger charge is -2.16. The number of hydrogen-bond donors (Lipinski definition) is 2. The number of thiophene rings is 1. The molecule has 33 heavy (non-hydrogen) atoms. The molecule has 3 amide bonds. The molecule has 2 aromatic heterocycles. The number of furan rings is 1. The molecule has 0 saturated heterocycles. The van der Waals surface area contributed by atoms with Gasteiger partial charge in [-0.05, 0) is 49.7 Å². The summed E-state index contributed by atoms with van der Waals surface area (Å²) < 4.78 is 10.1. The quantitative estimate of drug-likeness (QED) is 0.488. The highest BCUT2D eigenvalue weighted by Crippen LogP contribution is 2.27. The number of carbonyl (C=O) groups excluding carboxylic acids is 4. The lowest BCUT2D eigenvalue weighted by atomic mass is 10.2. The van der Waals surface area contributed by atoms with E-state index in [1.165, 1.54) is 24.3 Å². The van der Waals surface area contributed by atoms with E-state index in [0.29, 0.717) is 16.3 Å². The first kappa shape index (κ1) is 23.7. The van der Waals surface area contributed by atoms with Gasteiger partial charge in [-0.2, -0.15) is 0 Å². The highest BCUT2D eigenvalue weighted by atomic mass is 32.1. The van der Waals surface area contributed by atoms with Crippen molar-refractivity contribution >= 4 is 45.7 Å². The van der Waals surface area contributed by atoms with Gasteiger partial charge >= 0.3 is 5.97 Å². The third kappa shape index (κ3) is 6.53. The molecule has 2 N–H and O–H groups in total. The Hall–Kier alpha value is -3.92. The summed E-state index contributed by atoms with van der Waals surface area (Å²) in [5, 5.41) is 5.79. The first-order valence-corrected chi connectivity index (χ1v) is 10.8. The lowest BCUT2D eigenvalue weighted by molar-refractivity contribution is -0.136. The van der Waals surface area contributed by atoms with Crippen LogP contribution in [-0.2, 0) is 14.3 Å². The molecule has 0 aliphatic carbocycles. The van der Waals surface area contributed by atoms with Crippen LogP contribution in [0.25, 0.3) is 0 Å². The van der Waals surface area contributed by atoms with Crippen LogP contribution in [0.4, 0.5) is 10.7 Å². The smallest absolute Gasteiger partial charge is 0.349 e. The first-order chi connectivity index (χ1) is 15.7. The molecule has 3 aromatic rings. The molecule has 0 aliphatic rings. The molecular formula is C23H23N3O6S. The molecule has 2 heterocycles. The van der Waals surface area contributed by atoms with Crippen molar-refractivity contribution in [2.75, 3.05) is 30.8 Å². The minimum absolute atomic E-state index is 0.144. The molecule has 10 heteroatoms. The fourth-order valence-corrected chi connectivity index (χ4v) is 3.73. The van der Waals surface area contributed by atoms with E-state index in [1.54, 1.807) is 31.2 Å². The molecule has 172 valence electrons. The second-order valence-electron chi connectivity index (χ2n) is 7.29. The fraction of sp³-hybridized carbons (Fsp3) is 0.217. The third-order valence-electron chi connectivity index (χ3n) is 4.55. The molecule has 1 aromatic carbocycles. The normalized spacial score (nSPS) is 10.4. The Kier molecular flexibility index (Phi) is 7.62. The molecule has 0 unspecified atom stereocenters. The number of benzene rings is 1. The van der Waals surface area contributed by atoms with Gasteiger partial charge in [-0.1, -0.05) is 17.7 Å². The Bertz CT molecular complexity index is 1150. The summed E-state index contributed by atoms with van der Waals surface area (Å²) in [6, 6.07) is 12.0. The van der Waals surface area contributed by atoms with Gasteiger partial charge in [0, 0.05) is 12.7 Å². The summed E-state index contributed by atoms with van der Waals surface area (Å²) in [4.78, 5) is 50.4. The van der Waals surface area contributed by atoms with Crippen molar-refractivity contribution in [2.24, 2.45) is 0 Å². The summed E-state index contributed by atoms with van der Waals surface area (Å²) in [5.41, 5.74) is 2.29. The van der Waals surface area contributed by atoms with E-state index in [4.69, 9.17) is 9.15 Å². The van der Waals surface area contributed by atoms with Crippen molar-refractivity contribution in [3.8, 4) is 0 Å². The monoisotopic (exact) mass is 469 g/mol. The minimum Gasteiger partial charge on any atom is -0.459 e. The van der Waals surface area contributed by atoms with Gasteiger partial charge in [-0.15, -0.1) is 11.3 Å². The predicted molar refractivity (Wildman–Crippen MR) is 123 cm³/mol. The molecular weight excluding hydrogens is 446 g/mol.